The zero-order chi connectivity index (χ0) is 12.0. The molecule has 1 aromatic carbocycles. The fourth-order valence-corrected chi connectivity index (χ4v) is 1.84. The van der Waals surface area contributed by atoms with Crippen LogP contribution in [0.4, 0.5) is 0 Å². The molecule has 0 aliphatic heterocycles. The molecule has 0 bridgehead atoms. The third kappa shape index (κ3) is 4.71. The molecule has 0 amide bonds. The van der Waals surface area contributed by atoms with E-state index in [9.17, 15) is 5.11 Å². The lowest BCUT2D eigenvalue weighted by molar-refractivity contribution is 0.159. The van der Waals surface area contributed by atoms with Crippen molar-refractivity contribution in [2.45, 2.75) is 32.4 Å². The Morgan fingerprint density at radius 2 is 2.12 bits per heavy atom. The van der Waals surface area contributed by atoms with E-state index in [-0.39, 0.29) is 6.10 Å². The second-order valence-corrected chi connectivity index (χ2v) is 4.61. The number of hydrogen-bond donors (Lipinski definition) is 2. The maximum Gasteiger partial charge on any atom is 0.0549 e. The van der Waals surface area contributed by atoms with Crippen molar-refractivity contribution in [2.75, 3.05) is 6.54 Å². The molecule has 1 rings (SSSR count). The van der Waals surface area contributed by atoms with Gasteiger partial charge in [-0.3, -0.25) is 0 Å². The van der Waals surface area contributed by atoms with E-state index in [0.29, 0.717) is 16.6 Å². The first kappa shape index (κ1) is 13.8. The van der Waals surface area contributed by atoms with Gasteiger partial charge in [0.05, 0.1) is 6.10 Å². The summed E-state index contributed by atoms with van der Waals surface area (Å²) in [6, 6.07) is 5.47. The summed E-state index contributed by atoms with van der Waals surface area (Å²) < 4.78 is 0. The highest BCUT2D eigenvalue weighted by Gasteiger charge is 2.02. The Morgan fingerprint density at radius 1 is 1.38 bits per heavy atom. The molecule has 0 spiro atoms. The van der Waals surface area contributed by atoms with Gasteiger partial charge in [-0.05, 0) is 37.1 Å². The SMILES string of the molecule is CCC(O)CCNCc1ccc(Cl)cc1Cl. The maximum absolute atomic E-state index is 9.36. The van der Waals surface area contributed by atoms with Crippen molar-refractivity contribution in [1.82, 2.24) is 5.32 Å². The molecule has 1 atom stereocenters. The zero-order valence-electron chi connectivity index (χ0n) is 9.34. The Labute approximate surface area is 107 Å². The first-order valence-corrected chi connectivity index (χ1v) is 6.21. The van der Waals surface area contributed by atoms with E-state index in [1.54, 1.807) is 6.07 Å². The molecule has 0 aromatic heterocycles. The molecule has 0 fully saturated rings. The van der Waals surface area contributed by atoms with E-state index in [4.69, 9.17) is 23.2 Å². The lowest BCUT2D eigenvalue weighted by Gasteiger charge is -2.09. The van der Waals surface area contributed by atoms with Crippen LogP contribution < -0.4 is 5.32 Å². The molecule has 90 valence electrons. The van der Waals surface area contributed by atoms with Crippen molar-refractivity contribution in [3.05, 3.63) is 33.8 Å². The summed E-state index contributed by atoms with van der Waals surface area (Å²) in [6.45, 7) is 3.46. The third-order valence-corrected chi connectivity index (χ3v) is 3.04. The number of halogens is 2. The predicted molar refractivity (Wildman–Crippen MR) is 69.1 cm³/mol. The minimum atomic E-state index is -0.215. The van der Waals surface area contributed by atoms with E-state index in [0.717, 1.165) is 24.9 Å². The Hall–Kier alpha value is -0.280. The number of benzene rings is 1. The minimum Gasteiger partial charge on any atom is -0.393 e. The van der Waals surface area contributed by atoms with Crippen LogP contribution in [0, 0.1) is 0 Å². The van der Waals surface area contributed by atoms with Crippen LogP contribution >= 0.6 is 23.2 Å². The first-order valence-electron chi connectivity index (χ1n) is 5.46. The van der Waals surface area contributed by atoms with E-state index < -0.39 is 0 Å². The lowest BCUT2D eigenvalue weighted by Crippen LogP contribution is -2.19. The number of aliphatic hydroxyl groups is 1. The van der Waals surface area contributed by atoms with E-state index >= 15 is 0 Å². The summed E-state index contributed by atoms with van der Waals surface area (Å²) in [5, 5.41) is 13.9. The lowest BCUT2D eigenvalue weighted by atomic mass is 10.2. The van der Waals surface area contributed by atoms with Gasteiger partial charge >= 0.3 is 0 Å². The molecule has 2 nitrogen and oxygen atoms in total. The van der Waals surface area contributed by atoms with Crippen molar-refractivity contribution in [3.8, 4) is 0 Å². The molecule has 0 saturated carbocycles. The number of aliphatic hydroxyl groups excluding tert-OH is 1. The summed E-state index contributed by atoms with van der Waals surface area (Å²) in [7, 11) is 0. The van der Waals surface area contributed by atoms with Crippen molar-refractivity contribution in [3.63, 3.8) is 0 Å². The Balaban J connectivity index is 2.32. The highest BCUT2D eigenvalue weighted by atomic mass is 35.5. The number of nitrogens with one attached hydrogen (secondary N) is 1. The molecule has 1 aromatic rings. The normalized spacial score (nSPS) is 12.8. The number of hydrogen-bond acceptors (Lipinski definition) is 2. The Morgan fingerprint density at radius 3 is 2.75 bits per heavy atom. The average molecular weight is 262 g/mol. The van der Waals surface area contributed by atoms with Crippen LogP contribution in [0.5, 0.6) is 0 Å². The van der Waals surface area contributed by atoms with Crippen molar-refractivity contribution in [1.29, 1.82) is 0 Å². The predicted octanol–water partition coefficient (Wildman–Crippen LogP) is 3.24. The van der Waals surface area contributed by atoms with Gasteiger partial charge in [-0.15, -0.1) is 0 Å². The average Bonchev–Trinajstić information content (AvgIpc) is 2.26. The van der Waals surface area contributed by atoms with Gasteiger partial charge in [0.2, 0.25) is 0 Å². The molecule has 0 radical (unpaired) electrons. The quantitative estimate of drug-likeness (QED) is 0.771. The fraction of sp³-hybridized carbons (Fsp3) is 0.500. The van der Waals surface area contributed by atoms with Gasteiger partial charge < -0.3 is 10.4 Å². The standard InChI is InChI=1S/C12H17Cl2NO/c1-2-11(16)5-6-15-8-9-3-4-10(13)7-12(9)14/h3-4,7,11,15-16H,2,5-6,8H2,1H3. The van der Waals surface area contributed by atoms with Gasteiger partial charge in [-0.2, -0.15) is 0 Å². The molecule has 0 aliphatic carbocycles. The molecule has 16 heavy (non-hydrogen) atoms. The first-order chi connectivity index (χ1) is 7.63. The summed E-state index contributed by atoms with van der Waals surface area (Å²) in [5.74, 6) is 0. The smallest absolute Gasteiger partial charge is 0.0549 e. The number of rotatable bonds is 6. The molecule has 0 aliphatic rings. The van der Waals surface area contributed by atoms with Gasteiger partial charge in [0.1, 0.15) is 0 Å². The second kappa shape index (κ2) is 7.13. The fourth-order valence-electron chi connectivity index (χ4n) is 1.36. The van der Waals surface area contributed by atoms with Crippen LogP contribution in [0.1, 0.15) is 25.3 Å². The molecular weight excluding hydrogens is 245 g/mol. The van der Waals surface area contributed by atoms with Gasteiger partial charge in [0.25, 0.3) is 0 Å². The molecular formula is C12H17Cl2NO. The van der Waals surface area contributed by atoms with Crippen molar-refractivity contribution >= 4 is 23.2 Å². The maximum atomic E-state index is 9.36. The van der Waals surface area contributed by atoms with Gasteiger partial charge in [0.15, 0.2) is 0 Å². The van der Waals surface area contributed by atoms with E-state index in [2.05, 4.69) is 5.32 Å². The summed E-state index contributed by atoms with van der Waals surface area (Å²) in [5.41, 5.74) is 1.03. The van der Waals surface area contributed by atoms with E-state index in [1.807, 2.05) is 19.1 Å². The summed E-state index contributed by atoms with van der Waals surface area (Å²) in [4.78, 5) is 0. The molecule has 1 unspecified atom stereocenters. The molecule has 4 heteroatoms. The largest absolute Gasteiger partial charge is 0.393 e. The Bertz CT molecular complexity index is 331. The molecule has 0 heterocycles. The van der Waals surface area contributed by atoms with Crippen LogP contribution in [0.15, 0.2) is 18.2 Å². The third-order valence-electron chi connectivity index (χ3n) is 2.46. The van der Waals surface area contributed by atoms with Crippen LogP contribution in [-0.4, -0.2) is 17.8 Å². The second-order valence-electron chi connectivity index (χ2n) is 3.76. The topological polar surface area (TPSA) is 32.3 Å². The minimum absolute atomic E-state index is 0.215. The van der Waals surface area contributed by atoms with Gasteiger partial charge in [-0.1, -0.05) is 36.2 Å². The van der Waals surface area contributed by atoms with Crippen molar-refractivity contribution < 1.29 is 5.11 Å². The van der Waals surface area contributed by atoms with Gasteiger partial charge in [0, 0.05) is 16.6 Å². The molecule has 0 saturated heterocycles. The highest BCUT2D eigenvalue weighted by Crippen LogP contribution is 2.20. The van der Waals surface area contributed by atoms with Crippen LogP contribution in [0.2, 0.25) is 10.0 Å². The van der Waals surface area contributed by atoms with Crippen LogP contribution in [-0.2, 0) is 6.54 Å². The van der Waals surface area contributed by atoms with Crippen LogP contribution in [0.3, 0.4) is 0 Å². The van der Waals surface area contributed by atoms with Crippen molar-refractivity contribution in [2.24, 2.45) is 0 Å². The highest BCUT2D eigenvalue weighted by molar-refractivity contribution is 6.35. The summed E-state index contributed by atoms with van der Waals surface area (Å²) >= 11 is 11.8. The zero-order valence-corrected chi connectivity index (χ0v) is 10.9. The van der Waals surface area contributed by atoms with Gasteiger partial charge in [-0.25, -0.2) is 0 Å². The monoisotopic (exact) mass is 261 g/mol. The van der Waals surface area contributed by atoms with E-state index in [1.165, 1.54) is 0 Å². The Kier molecular flexibility index (Phi) is 6.14. The summed E-state index contributed by atoms with van der Waals surface area (Å²) in [6.07, 6.45) is 1.35. The molecule has 2 N–H and O–H groups in total. The van der Waals surface area contributed by atoms with Crippen LogP contribution in [0.25, 0.3) is 0 Å².